The minimum atomic E-state index is -3.91. The van der Waals surface area contributed by atoms with Crippen LogP contribution >= 0.6 is 0 Å². The van der Waals surface area contributed by atoms with Crippen molar-refractivity contribution in [1.29, 1.82) is 5.26 Å². The van der Waals surface area contributed by atoms with Crippen molar-refractivity contribution in [1.82, 2.24) is 0 Å². The van der Waals surface area contributed by atoms with Gasteiger partial charge in [0, 0.05) is 0 Å². The SMILES string of the molecule is COc1cc(/C=C(\C#N)S(=O)(=O)c2ccc(C)cc2)ccc1OCc1ccccc1. The number of sulfone groups is 1. The molecular formula is C24H21NO4S. The topological polar surface area (TPSA) is 76.4 Å². The van der Waals surface area contributed by atoms with E-state index in [1.54, 1.807) is 36.4 Å². The molecule has 6 heteroatoms. The average Bonchev–Trinajstić information content (AvgIpc) is 2.77. The largest absolute Gasteiger partial charge is 0.493 e. The van der Waals surface area contributed by atoms with Gasteiger partial charge in [-0.05, 0) is 48.4 Å². The molecule has 0 aromatic heterocycles. The fraction of sp³-hybridized carbons (Fsp3) is 0.125. The van der Waals surface area contributed by atoms with E-state index in [1.807, 2.05) is 37.3 Å². The van der Waals surface area contributed by atoms with Gasteiger partial charge in [0.05, 0.1) is 12.0 Å². The normalized spacial score (nSPS) is 11.6. The van der Waals surface area contributed by atoms with Gasteiger partial charge in [0.2, 0.25) is 9.84 Å². The third kappa shape index (κ3) is 4.88. The Morgan fingerprint density at radius 3 is 2.33 bits per heavy atom. The molecule has 0 N–H and O–H groups in total. The number of allylic oxidation sites excluding steroid dienone is 1. The summed E-state index contributed by atoms with van der Waals surface area (Å²) in [6.45, 7) is 2.24. The van der Waals surface area contributed by atoms with E-state index in [9.17, 15) is 13.7 Å². The number of nitrogens with zero attached hydrogens (tertiary/aromatic N) is 1. The van der Waals surface area contributed by atoms with E-state index in [-0.39, 0.29) is 9.80 Å². The van der Waals surface area contributed by atoms with Crippen LogP contribution in [-0.4, -0.2) is 15.5 Å². The molecule has 0 fully saturated rings. The summed E-state index contributed by atoms with van der Waals surface area (Å²) in [6, 6.07) is 22.9. The summed E-state index contributed by atoms with van der Waals surface area (Å²) < 4.78 is 36.8. The molecule has 0 aliphatic rings. The van der Waals surface area contributed by atoms with Crippen LogP contribution in [0.5, 0.6) is 11.5 Å². The number of hydrogen-bond acceptors (Lipinski definition) is 5. The minimum absolute atomic E-state index is 0.0793. The lowest BCUT2D eigenvalue weighted by molar-refractivity contribution is 0.284. The van der Waals surface area contributed by atoms with Crippen LogP contribution in [0.1, 0.15) is 16.7 Å². The van der Waals surface area contributed by atoms with Gasteiger partial charge < -0.3 is 9.47 Å². The van der Waals surface area contributed by atoms with E-state index in [4.69, 9.17) is 9.47 Å². The molecule has 0 unspecified atom stereocenters. The van der Waals surface area contributed by atoms with Crippen molar-refractivity contribution in [3.05, 3.63) is 94.4 Å². The first-order chi connectivity index (χ1) is 14.4. The van der Waals surface area contributed by atoms with E-state index in [0.717, 1.165) is 11.1 Å². The number of methoxy groups -OCH3 is 1. The fourth-order valence-electron chi connectivity index (χ4n) is 2.79. The molecule has 3 aromatic rings. The number of hydrogen-bond donors (Lipinski definition) is 0. The minimum Gasteiger partial charge on any atom is -0.493 e. The van der Waals surface area contributed by atoms with Crippen LogP contribution in [0.2, 0.25) is 0 Å². The number of aryl methyl sites for hydroxylation is 1. The van der Waals surface area contributed by atoms with Crippen LogP contribution in [0.3, 0.4) is 0 Å². The van der Waals surface area contributed by atoms with Gasteiger partial charge in [0.25, 0.3) is 0 Å². The predicted molar refractivity (Wildman–Crippen MR) is 116 cm³/mol. The second-order valence-electron chi connectivity index (χ2n) is 6.62. The molecule has 0 amide bonds. The molecular weight excluding hydrogens is 398 g/mol. The van der Waals surface area contributed by atoms with Crippen LogP contribution < -0.4 is 9.47 Å². The molecule has 0 saturated carbocycles. The Kier molecular flexibility index (Phi) is 6.55. The van der Waals surface area contributed by atoms with Crippen LogP contribution in [-0.2, 0) is 16.4 Å². The summed E-state index contributed by atoms with van der Waals surface area (Å²) in [5.41, 5.74) is 2.47. The number of rotatable bonds is 7. The van der Waals surface area contributed by atoms with Gasteiger partial charge in [-0.2, -0.15) is 5.26 Å². The highest BCUT2D eigenvalue weighted by atomic mass is 32.2. The molecule has 0 spiro atoms. The van der Waals surface area contributed by atoms with Crippen molar-refractivity contribution in [3.63, 3.8) is 0 Å². The van der Waals surface area contributed by atoms with E-state index in [1.165, 1.54) is 25.3 Å². The Morgan fingerprint density at radius 2 is 1.70 bits per heavy atom. The Labute approximate surface area is 176 Å². The standard InChI is InChI=1S/C24H21NO4S/c1-18-8-11-21(12-9-18)30(26,27)22(16-25)14-20-10-13-23(24(15-20)28-2)29-17-19-6-4-3-5-7-19/h3-15H,17H2,1-2H3/b22-14+. The molecule has 0 saturated heterocycles. The highest BCUT2D eigenvalue weighted by molar-refractivity contribution is 7.95. The zero-order valence-corrected chi connectivity index (χ0v) is 17.5. The lowest BCUT2D eigenvalue weighted by Crippen LogP contribution is -2.03. The van der Waals surface area contributed by atoms with E-state index < -0.39 is 9.84 Å². The highest BCUT2D eigenvalue weighted by Crippen LogP contribution is 2.30. The maximum atomic E-state index is 12.8. The van der Waals surface area contributed by atoms with Gasteiger partial charge in [0.1, 0.15) is 17.6 Å². The van der Waals surface area contributed by atoms with Gasteiger partial charge in [-0.1, -0.05) is 54.1 Å². The van der Waals surface area contributed by atoms with Crippen molar-refractivity contribution < 1.29 is 17.9 Å². The summed E-state index contributed by atoms with van der Waals surface area (Å²) in [7, 11) is -2.41. The lowest BCUT2D eigenvalue weighted by atomic mass is 10.2. The Hall–Kier alpha value is -3.56. The summed E-state index contributed by atoms with van der Waals surface area (Å²) in [4.78, 5) is -0.262. The molecule has 0 bridgehead atoms. The third-order valence-corrected chi connectivity index (χ3v) is 6.13. The van der Waals surface area contributed by atoms with Gasteiger partial charge in [0.15, 0.2) is 11.5 Å². The maximum absolute atomic E-state index is 12.8. The van der Waals surface area contributed by atoms with Gasteiger partial charge in [-0.25, -0.2) is 8.42 Å². The predicted octanol–water partition coefficient (Wildman–Crippen LogP) is 4.92. The molecule has 0 aliphatic carbocycles. The number of ether oxygens (including phenoxy) is 2. The van der Waals surface area contributed by atoms with Crippen molar-refractivity contribution >= 4 is 15.9 Å². The zero-order chi connectivity index (χ0) is 21.6. The second-order valence-corrected chi connectivity index (χ2v) is 8.54. The molecule has 3 aromatic carbocycles. The second kappa shape index (κ2) is 9.29. The smallest absolute Gasteiger partial charge is 0.216 e. The molecule has 3 rings (SSSR count). The Balaban J connectivity index is 1.88. The van der Waals surface area contributed by atoms with Crippen molar-refractivity contribution in [2.45, 2.75) is 18.4 Å². The van der Waals surface area contributed by atoms with Crippen LogP contribution in [0.15, 0.2) is 82.6 Å². The summed E-state index contributed by atoms with van der Waals surface area (Å²) in [5, 5.41) is 9.48. The van der Waals surface area contributed by atoms with E-state index in [2.05, 4.69) is 0 Å². The van der Waals surface area contributed by atoms with Crippen molar-refractivity contribution in [2.75, 3.05) is 7.11 Å². The number of benzene rings is 3. The molecule has 0 aliphatic heterocycles. The average molecular weight is 420 g/mol. The van der Waals surface area contributed by atoms with E-state index >= 15 is 0 Å². The Morgan fingerprint density at radius 1 is 1.00 bits per heavy atom. The van der Waals surface area contributed by atoms with Crippen molar-refractivity contribution in [3.8, 4) is 17.6 Å². The maximum Gasteiger partial charge on any atom is 0.216 e. The fourth-order valence-corrected chi connectivity index (χ4v) is 3.95. The molecule has 0 atom stereocenters. The first kappa shape index (κ1) is 21.2. The highest BCUT2D eigenvalue weighted by Gasteiger charge is 2.21. The van der Waals surface area contributed by atoms with Crippen LogP contribution in [0, 0.1) is 18.3 Å². The monoisotopic (exact) mass is 419 g/mol. The molecule has 0 radical (unpaired) electrons. The Bertz CT molecular complexity index is 1190. The van der Waals surface area contributed by atoms with Gasteiger partial charge in [-0.3, -0.25) is 0 Å². The summed E-state index contributed by atoms with van der Waals surface area (Å²) in [5.74, 6) is 0.975. The first-order valence-corrected chi connectivity index (χ1v) is 10.7. The van der Waals surface area contributed by atoms with Gasteiger partial charge >= 0.3 is 0 Å². The van der Waals surface area contributed by atoms with Crippen LogP contribution in [0.4, 0.5) is 0 Å². The third-order valence-electron chi connectivity index (χ3n) is 4.45. The molecule has 5 nitrogen and oxygen atoms in total. The zero-order valence-electron chi connectivity index (χ0n) is 16.7. The quantitative estimate of drug-likeness (QED) is 0.508. The van der Waals surface area contributed by atoms with Gasteiger partial charge in [-0.15, -0.1) is 0 Å². The molecule has 0 heterocycles. The molecule has 152 valence electrons. The van der Waals surface area contributed by atoms with Crippen LogP contribution in [0.25, 0.3) is 6.08 Å². The summed E-state index contributed by atoms with van der Waals surface area (Å²) in [6.07, 6.45) is 1.33. The summed E-state index contributed by atoms with van der Waals surface area (Å²) >= 11 is 0. The lowest BCUT2D eigenvalue weighted by Gasteiger charge is -2.11. The molecule has 30 heavy (non-hydrogen) atoms. The number of nitriles is 1. The van der Waals surface area contributed by atoms with E-state index in [0.29, 0.717) is 23.7 Å². The van der Waals surface area contributed by atoms with Crippen molar-refractivity contribution in [2.24, 2.45) is 0 Å². The first-order valence-electron chi connectivity index (χ1n) is 9.22.